The summed E-state index contributed by atoms with van der Waals surface area (Å²) >= 11 is 0. The van der Waals surface area contributed by atoms with Gasteiger partial charge in [0.25, 0.3) is 0 Å². The molecule has 3 fully saturated rings. The van der Waals surface area contributed by atoms with Crippen LogP contribution in [0.5, 0.6) is 0 Å². The van der Waals surface area contributed by atoms with Gasteiger partial charge in [-0.05, 0) is 76.7 Å². The van der Waals surface area contributed by atoms with Gasteiger partial charge in [0.15, 0.2) is 6.29 Å². The molecule has 3 heterocycles. The molecule has 7 nitrogen and oxygen atoms in total. The Morgan fingerprint density at radius 3 is 2.64 bits per heavy atom. The summed E-state index contributed by atoms with van der Waals surface area (Å²) in [7, 11) is 1.68. The Labute approximate surface area is 212 Å². The molecule has 6 rings (SSSR count). The lowest BCUT2D eigenvalue weighted by Crippen LogP contribution is -2.54. The number of aliphatic hydroxyl groups is 1. The summed E-state index contributed by atoms with van der Waals surface area (Å²) in [5.74, 6) is -0.0572. The van der Waals surface area contributed by atoms with E-state index in [1.165, 1.54) is 5.57 Å². The second-order valence-corrected chi connectivity index (χ2v) is 12.1. The molecule has 2 saturated carbocycles. The lowest BCUT2D eigenvalue weighted by Gasteiger charge is -2.53. The molecule has 1 spiro atoms. The van der Waals surface area contributed by atoms with Crippen LogP contribution in [0.1, 0.15) is 66.2 Å². The average Bonchev–Trinajstić information content (AvgIpc) is 3.18. The number of carbonyl (C=O) groups is 2. The molecule has 0 radical (unpaired) electrons. The van der Waals surface area contributed by atoms with Crippen molar-refractivity contribution in [2.45, 2.75) is 96.4 Å². The van der Waals surface area contributed by atoms with Crippen molar-refractivity contribution in [3.63, 3.8) is 0 Å². The Bertz CT molecular complexity index is 1090. The summed E-state index contributed by atoms with van der Waals surface area (Å²) < 4.78 is 24.6. The fourth-order valence-corrected chi connectivity index (χ4v) is 9.00. The van der Waals surface area contributed by atoms with Crippen molar-refractivity contribution in [3.8, 4) is 0 Å². The van der Waals surface area contributed by atoms with E-state index in [9.17, 15) is 14.7 Å². The van der Waals surface area contributed by atoms with Crippen molar-refractivity contribution >= 4 is 11.9 Å². The van der Waals surface area contributed by atoms with E-state index in [1.54, 1.807) is 7.11 Å². The Morgan fingerprint density at radius 2 is 1.92 bits per heavy atom. The monoisotopic (exact) mass is 498 g/mol. The van der Waals surface area contributed by atoms with E-state index in [0.29, 0.717) is 37.2 Å². The van der Waals surface area contributed by atoms with Gasteiger partial charge in [0.1, 0.15) is 17.8 Å². The lowest BCUT2D eigenvalue weighted by molar-refractivity contribution is -0.231. The maximum Gasteiger partial charge on any atom is 0.334 e. The molecule has 10 atom stereocenters. The van der Waals surface area contributed by atoms with Crippen LogP contribution in [-0.2, 0) is 28.5 Å². The van der Waals surface area contributed by atoms with E-state index in [2.05, 4.69) is 13.0 Å². The predicted molar refractivity (Wildman–Crippen MR) is 130 cm³/mol. The number of methoxy groups -OCH3 is 1. The first-order valence-corrected chi connectivity index (χ1v) is 13.4. The quantitative estimate of drug-likeness (QED) is 0.576. The van der Waals surface area contributed by atoms with Crippen molar-refractivity contribution in [3.05, 3.63) is 34.4 Å². The Hall–Kier alpha value is -1.96. The number of carbonyl (C=O) groups excluding carboxylic acids is 2. The van der Waals surface area contributed by atoms with Gasteiger partial charge in [-0.15, -0.1) is 0 Å². The van der Waals surface area contributed by atoms with Gasteiger partial charge in [-0.3, -0.25) is 4.79 Å². The Kier molecular flexibility index (Phi) is 5.60. The fourth-order valence-electron chi connectivity index (χ4n) is 9.00. The molecule has 1 saturated heterocycles. The van der Waals surface area contributed by atoms with Crippen molar-refractivity contribution in [1.29, 1.82) is 0 Å². The second-order valence-electron chi connectivity index (χ2n) is 12.1. The zero-order valence-corrected chi connectivity index (χ0v) is 21.9. The number of cyclic esters (lactones) is 1. The molecule has 0 aromatic rings. The number of hydrogen-bond acceptors (Lipinski definition) is 7. The SMILES string of the molecule is CO[C@H]1O[C@@](C)([C@H]2CC(C)=C(C)C(=O)O2)[C@H]2C[C@H](O)[C@@H]3C4C[C@H]5OC(=O)CC=CC5=C(C)[C@H]4CC[C@]123. The lowest BCUT2D eigenvalue weighted by atomic mass is 9.52. The summed E-state index contributed by atoms with van der Waals surface area (Å²) in [4.78, 5) is 24.9. The smallest absolute Gasteiger partial charge is 0.334 e. The molecular weight excluding hydrogens is 460 g/mol. The minimum Gasteiger partial charge on any atom is -0.457 e. The zero-order chi connectivity index (χ0) is 25.6. The highest BCUT2D eigenvalue weighted by Gasteiger charge is 2.74. The fraction of sp³-hybridized carbons (Fsp3) is 0.724. The van der Waals surface area contributed by atoms with E-state index in [-0.39, 0.29) is 41.2 Å². The third-order valence-electron chi connectivity index (χ3n) is 10.8. The molecule has 3 aliphatic carbocycles. The number of hydrogen-bond donors (Lipinski definition) is 1. The third-order valence-corrected chi connectivity index (χ3v) is 10.8. The van der Waals surface area contributed by atoms with Crippen molar-refractivity contribution in [1.82, 2.24) is 0 Å². The molecule has 0 bridgehead atoms. The normalized spacial score (nSPS) is 48.1. The molecule has 3 aliphatic heterocycles. The second kappa shape index (κ2) is 8.27. The molecule has 0 amide bonds. The van der Waals surface area contributed by atoms with E-state index in [1.807, 2.05) is 26.8 Å². The van der Waals surface area contributed by atoms with Crippen molar-refractivity contribution in [2.75, 3.05) is 7.11 Å². The van der Waals surface area contributed by atoms with E-state index >= 15 is 0 Å². The van der Waals surface area contributed by atoms with Gasteiger partial charge in [-0.25, -0.2) is 4.79 Å². The summed E-state index contributed by atoms with van der Waals surface area (Å²) in [6, 6.07) is 0. The van der Waals surface area contributed by atoms with Crippen LogP contribution in [0.15, 0.2) is 34.4 Å². The van der Waals surface area contributed by atoms with E-state index in [0.717, 1.165) is 24.0 Å². The van der Waals surface area contributed by atoms with Gasteiger partial charge in [-0.2, -0.15) is 0 Å². The number of aliphatic hydroxyl groups excluding tert-OH is 1. The van der Waals surface area contributed by atoms with Crippen molar-refractivity contribution in [2.24, 2.45) is 29.1 Å². The topological polar surface area (TPSA) is 91.3 Å². The average molecular weight is 499 g/mol. The summed E-state index contributed by atoms with van der Waals surface area (Å²) in [5.41, 5.74) is 2.96. The van der Waals surface area contributed by atoms with E-state index in [4.69, 9.17) is 18.9 Å². The van der Waals surface area contributed by atoms with Crippen LogP contribution >= 0.6 is 0 Å². The van der Waals surface area contributed by atoms with Gasteiger partial charge in [-0.1, -0.05) is 23.3 Å². The highest BCUT2D eigenvalue weighted by atomic mass is 16.7. The highest BCUT2D eigenvalue weighted by Crippen LogP contribution is 2.71. The van der Waals surface area contributed by atoms with Crippen LogP contribution < -0.4 is 0 Å². The van der Waals surface area contributed by atoms with Crippen LogP contribution in [0.2, 0.25) is 0 Å². The molecular formula is C29H38O7. The Morgan fingerprint density at radius 1 is 1.14 bits per heavy atom. The number of ether oxygens (including phenoxy) is 4. The molecule has 6 aliphatic rings. The van der Waals surface area contributed by atoms with Crippen LogP contribution in [0.4, 0.5) is 0 Å². The minimum absolute atomic E-state index is 0.0119. The molecule has 1 unspecified atom stereocenters. The van der Waals surface area contributed by atoms with Crippen LogP contribution in [0.3, 0.4) is 0 Å². The first-order chi connectivity index (χ1) is 17.1. The number of allylic oxidation sites excluding steroid dienone is 1. The highest BCUT2D eigenvalue weighted by molar-refractivity contribution is 5.89. The maximum absolute atomic E-state index is 12.6. The van der Waals surface area contributed by atoms with Gasteiger partial charge < -0.3 is 24.1 Å². The first-order valence-electron chi connectivity index (χ1n) is 13.4. The minimum atomic E-state index is -0.761. The maximum atomic E-state index is 12.6. The van der Waals surface area contributed by atoms with Gasteiger partial charge in [0.05, 0.1) is 12.5 Å². The van der Waals surface area contributed by atoms with Crippen LogP contribution in [-0.4, -0.2) is 54.4 Å². The largest absolute Gasteiger partial charge is 0.457 e. The third kappa shape index (κ3) is 3.15. The van der Waals surface area contributed by atoms with Crippen LogP contribution in [0, 0.1) is 29.1 Å². The number of esters is 2. The van der Waals surface area contributed by atoms with Crippen molar-refractivity contribution < 1.29 is 33.6 Å². The number of rotatable bonds is 2. The van der Waals surface area contributed by atoms with E-state index < -0.39 is 24.1 Å². The summed E-state index contributed by atoms with van der Waals surface area (Å²) in [6.45, 7) is 8.01. The van der Waals surface area contributed by atoms with Gasteiger partial charge >= 0.3 is 11.9 Å². The molecule has 1 N–H and O–H groups in total. The first kappa shape index (κ1) is 24.4. The zero-order valence-electron chi connectivity index (χ0n) is 21.9. The molecule has 36 heavy (non-hydrogen) atoms. The Balaban J connectivity index is 1.39. The standard InChI is InChI=1S/C29H38O7/c1-14-11-23(35-26(32)15(14)2)28(4)22-13-20(30)25-19-12-21-18(7-6-8-24(31)34-21)16(3)17(19)9-10-29(22,25)27(33-5)36-28/h6-7,17,19-23,25,27,30H,8-13H2,1-5H3/t17-,19?,20+,21-,22-,23-,25+,27+,28-,29+/m1/s1. The molecule has 0 aromatic carbocycles. The van der Waals surface area contributed by atoms with Crippen LogP contribution in [0.25, 0.3) is 0 Å². The van der Waals surface area contributed by atoms with Gasteiger partial charge in [0.2, 0.25) is 0 Å². The predicted octanol–water partition coefficient (Wildman–Crippen LogP) is 4.00. The molecule has 7 heteroatoms. The molecule has 196 valence electrons. The number of fused-ring (bicyclic) bond motifs is 3. The summed E-state index contributed by atoms with van der Waals surface area (Å²) in [5, 5.41) is 11.7. The molecule has 0 aromatic heterocycles. The summed E-state index contributed by atoms with van der Waals surface area (Å²) in [6.07, 6.45) is 6.32. The van der Waals surface area contributed by atoms with Gasteiger partial charge in [0, 0.05) is 30.4 Å².